The fourth-order valence-electron chi connectivity index (χ4n) is 1.91. The van der Waals surface area contributed by atoms with Gasteiger partial charge in [-0.2, -0.15) is 0 Å². The summed E-state index contributed by atoms with van der Waals surface area (Å²) < 4.78 is 26.4. The largest absolute Gasteiger partial charge is 0.348 e. The van der Waals surface area contributed by atoms with E-state index in [1.54, 1.807) is 26.0 Å². The standard InChI is InChI=1S/C16H15F2NO/c1-10-3-4-12(8-15(10)18)9-19-16(20)14-6-5-13(17)7-11(14)2/h3-8H,9H2,1-2H3,(H,19,20). The van der Waals surface area contributed by atoms with E-state index in [4.69, 9.17) is 0 Å². The molecule has 2 rings (SSSR count). The molecule has 1 N–H and O–H groups in total. The fourth-order valence-corrected chi connectivity index (χ4v) is 1.91. The van der Waals surface area contributed by atoms with Gasteiger partial charge in [0.15, 0.2) is 0 Å². The van der Waals surface area contributed by atoms with Crippen molar-refractivity contribution in [3.8, 4) is 0 Å². The number of hydrogen-bond acceptors (Lipinski definition) is 1. The van der Waals surface area contributed by atoms with Crippen molar-refractivity contribution >= 4 is 5.91 Å². The van der Waals surface area contributed by atoms with Crippen molar-refractivity contribution in [2.45, 2.75) is 20.4 Å². The molecule has 0 saturated carbocycles. The van der Waals surface area contributed by atoms with Crippen molar-refractivity contribution < 1.29 is 13.6 Å². The highest BCUT2D eigenvalue weighted by atomic mass is 19.1. The van der Waals surface area contributed by atoms with E-state index in [-0.39, 0.29) is 24.1 Å². The first kappa shape index (κ1) is 14.2. The molecule has 20 heavy (non-hydrogen) atoms. The van der Waals surface area contributed by atoms with Gasteiger partial charge in [0, 0.05) is 12.1 Å². The Hall–Kier alpha value is -2.23. The summed E-state index contributed by atoms with van der Waals surface area (Å²) >= 11 is 0. The van der Waals surface area contributed by atoms with Gasteiger partial charge in [-0.3, -0.25) is 4.79 Å². The molecule has 0 atom stereocenters. The van der Waals surface area contributed by atoms with Crippen LogP contribution in [0.1, 0.15) is 27.0 Å². The summed E-state index contributed by atoms with van der Waals surface area (Å²) in [6.07, 6.45) is 0. The Kier molecular flexibility index (Phi) is 4.13. The molecule has 1 amide bonds. The lowest BCUT2D eigenvalue weighted by atomic mass is 10.1. The fraction of sp³-hybridized carbons (Fsp3) is 0.188. The maximum atomic E-state index is 13.4. The van der Waals surface area contributed by atoms with E-state index in [9.17, 15) is 13.6 Å². The van der Waals surface area contributed by atoms with Gasteiger partial charge in [-0.05, 0) is 54.8 Å². The molecule has 0 heterocycles. The average molecular weight is 275 g/mol. The van der Waals surface area contributed by atoms with Crippen LogP contribution < -0.4 is 5.32 Å². The zero-order chi connectivity index (χ0) is 14.7. The molecular weight excluding hydrogens is 260 g/mol. The van der Waals surface area contributed by atoms with Crippen LogP contribution >= 0.6 is 0 Å². The highest BCUT2D eigenvalue weighted by Crippen LogP contribution is 2.12. The monoisotopic (exact) mass is 275 g/mol. The van der Waals surface area contributed by atoms with Crippen molar-refractivity contribution in [2.24, 2.45) is 0 Å². The van der Waals surface area contributed by atoms with E-state index in [2.05, 4.69) is 5.32 Å². The molecule has 0 aliphatic carbocycles. The topological polar surface area (TPSA) is 29.1 Å². The average Bonchev–Trinajstić information content (AvgIpc) is 2.40. The van der Waals surface area contributed by atoms with Crippen LogP contribution in [0.2, 0.25) is 0 Å². The number of halogens is 2. The number of amides is 1. The van der Waals surface area contributed by atoms with Gasteiger partial charge in [-0.15, -0.1) is 0 Å². The third-order valence-electron chi connectivity index (χ3n) is 3.12. The van der Waals surface area contributed by atoms with Gasteiger partial charge in [0.1, 0.15) is 11.6 Å². The molecule has 0 saturated heterocycles. The molecule has 4 heteroatoms. The molecule has 2 aromatic carbocycles. The number of carbonyl (C=O) groups excluding carboxylic acids is 1. The summed E-state index contributed by atoms with van der Waals surface area (Å²) in [5.74, 6) is -0.974. The second kappa shape index (κ2) is 5.82. The Morgan fingerprint density at radius 3 is 2.45 bits per heavy atom. The number of aryl methyl sites for hydroxylation is 2. The van der Waals surface area contributed by atoms with E-state index in [1.807, 2.05) is 0 Å². The van der Waals surface area contributed by atoms with Crippen molar-refractivity contribution in [1.82, 2.24) is 5.32 Å². The summed E-state index contributed by atoms with van der Waals surface area (Å²) in [7, 11) is 0. The molecule has 2 nitrogen and oxygen atoms in total. The van der Waals surface area contributed by atoms with Crippen LogP contribution in [-0.2, 0) is 6.54 Å². The number of benzene rings is 2. The van der Waals surface area contributed by atoms with Crippen LogP contribution in [0.15, 0.2) is 36.4 Å². The Morgan fingerprint density at radius 2 is 1.80 bits per heavy atom. The van der Waals surface area contributed by atoms with E-state index in [0.717, 1.165) is 0 Å². The summed E-state index contributed by atoms with van der Waals surface area (Å²) in [4.78, 5) is 12.0. The van der Waals surface area contributed by atoms with Crippen molar-refractivity contribution in [3.05, 3.63) is 70.3 Å². The van der Waals surface area contributed by atoms with Crippen LogP contribution in [0.3, 0.4) is 0 Å². The van der Waals surface area contributed by atoms with Gasteiger partial charge in [-0.25, -0.2) is 8.78 Å². The zero-order valence-corrected chi connectivity index (χ0v) is 11.3. The van der Waals surface area contributed by atoms with Crippen LogP contribution in [0.4, 0.5) is 8.78 Å². The van der Waals surface area contributed by atoms with E-state index in [1.165, 1.54) is 24.3 Å². The molecule has 0 radical (unpaired) electrons. The summed E-state index contributed by atoms with van der Waals surface area (Å²) in [6.45, 7) is 3.58. The first-order valence-corrected chi connectivity index (χ1v) is 6.27. The molecule has 0 aromatic heterocycles. The summed E-state index contributed by atoms with van der Waals surface area (Å²) in [6, 6.07) is 8.81. The third-order valence-corrected chi connectivity index (χ3v) is 3.12. The van der Waals surface area contributed by atoms with Gasteiger partial charge < -0.3 is 5.32 Å². The highest BCUT2D eigenvalue weighted by Gasteiger charge is 2.09. The number of carbonyl (C=O) groups is 1. The van der Waals surface area contributed by atoms with Gasteiger partial charge in [0.25, 0.3) is 5.91 Å². The predicted molar refractivity (Wildman–Crippen MR) is 73.4 cm³/mol. The Morgan fingerprint density at radius 1 is 1.05 bits per heavy atom. The minimum Gasteiger partial charge on any atom is -0.348 e. The maximum Gasteiger partial charge on any atom is 0.251 e. The molecular formula is C16H15F2NO. The smallest absolute Gasteiger partial charge is 0.251 e. The second-order valence-electron chi connectivity index (χ2n) is 4.73. The van der Waals surface area contributed by atoms with Gasteiger partial charge in [0.05, 0.1) is 0 Å². The summed E-state index contributed by atoms with van der Waals surface area (Å²) in [5.41, 5.74) is 2.23. The molecule has 0 bridgehead atoms. The molecule has 104 valence electrons. The minimum absolute atomic E-state index is 0.229. The number of hydrogen-bond donors (Lipinski definition) is 1. The highest BCUT2D eigenvalue weighted by molar-refractivity contribution is 5.95. The van der Waals surface area contributed by atoms with E-state index in [0.29, 0.717) is 22.3 Å². The van der Waals surface area contributed by atoms with E-state index < -0.39 is 0 Å². The number of rotatable bonds is 3. The van der Waals surface area contributed by atoms with Crippen molar-refractivity contribution in [3.63, 3.8) is 0 Å². The van der Waals surface area contributed by atoms with Crippen LogP contribution in [0.25, 0.3) is 0 Å². The van der Waals surface area contributed by atoms with Crippen LogP contribution in [0.5, 0.6) is 0 Å². The Labute approximate surface area is 116 Å². The molecule has 0 spiro atoms. The first-order chi connectivity index (χ1) is 9.47. The first-order valence-electron chi connectivity index (χ1n) is 6.27. The minimum atomic E-state index is -0.375. The molecule has 0 unspecified atom stereocenters. The quantitative estimate of drug-likeness (QED) is 0.912. The Bertz CT molecular complexity index is 653. The maximum absolute atomic E-state index is 13.4. The molecule has 0 fully saturated rings. The predicted octanol–water partition coefficient (Wildman–Crippen LogP) is 3.51. The van der Waals surface area contributed by atoms with Crippen LogP contribution in [-0.4, -0.2) is 5.91 Å². The Balaban J connectivity index is 2.06. The lowest BCUT2D eigenvalue weighted by Crippen LogP contribution is -2.23. The van der Waals surface area contributed by atoms with Crippen molar-refractivity contribution in [2.75, 3.05) is 0 Å². The third kappa shape index (κ3) is 3.20. The van der Waals surface area contributed by atoms with E-state index >= 15 is 0 Å². The SMILES string of the molecule is Cc1ccc(CNC(=O)c2ccc(F)cc2C)cc1F. The molecule has 0 aliphatic heterocycles. The number of nitrogens with one attached hydrogen (secondary N) is 1. The van der Waals surface area contributed by atoms with Crippen LogP contribution in [0, 0.1) is 25.5 Å². The normalized spacial score (nSPS) is 10.4. The van der Waals surface area contributed by atoms with Gasteiger partial charge in [0.2, 0.25) is 0 Å². The second-order valence-corrected chi connectivity index (χ2v) is 4.73. The van der Waals surface area contributed by atoms with Gasteiger partial charge >= 0.3 is 0 Å². The van der Waals surface area contributed by atoms with Gasteiger partial charge in [-0.1, -0.05) is 12.1 Å². The van der Waals surface area contributed by atoms with Crippen molar-refractivity contribution in [1.29, 1.82) is 0 Å². The summed E-state index contributed by atoms with van der Waals surface area (Å²) in [5, 5.41) is 2.69. The molecule has 0 aliphatic rings. The molecule has 2 aromatic rings. The zero-order valence-electron chi connectivity index (χ0n) is 11.3. The lowest BCUT2D eigenvalue weighted by molar-refractivity contribution is 0.0950. The lowest BCUT2D eigenvalue weighted by Gasteiger charge is -2.08.